The van der Waals surface area contributed by atoms with Crippen molar-refractivity contribution in [1.82, 2.24) is 20.5 Å². The van der Waals surface area contributed by atoms with E-state index < -0.39 is 18.7 Å². The number of halogens is 1. The number of aliphatic carboxylic acids is 1. The summed E-state index contributed by atoms with van der Waals surface area (Å²) in [6.07, 6.45) is 7.90. The van der Waals surface area contributed by atoms with E-state index in [4.69, 9.17) is 4.74 Å². The lowest BCUT2D eigenvalue weighted by atomic mass is 9.92. The van der Waals surface area contributed by atoms with Crippen molar-refractivity contribution >= 4 is 17.8 Å². The molecule has 2 atom stereocenters. The molecule has 4 rings (SSSR count). The number of aromatic nitrogens is 1. The van der Waals surface area contributed by atoms with E-state index in [0.29, 0.717) is 43.2 Å². The first kappa shape index (κ1) is 29.5. The van der Waals surface area contributed by atoms with Crippen molar-refractivity contribution in [2.24, 2.45) is 11.8 Å². The second kappa shape index (κ2) is 14.7. The van der Waals surface area contributed by atoms with Crippen LogP contribution in [0.1, 0.15) is 56.6 Å². The van der Waals surface area contributed by atoms with E-state index in [1.807, 2.05) is 18.2 Å². The lowest BCUT2D eigenvalue weighted by Gasteiger charge is -2.33. The van der Waals surface area contributed by atoms with Gasteiger partial charge in [0.2, 0.25) is 11.8 Å². The normalized spacial score (nSPS) is 18.6. The quantitative estimate of drug-likeness (QED) is 0.365. The number of nitrogens with zero attached hydrogens (tertiary/aromatic N) is 2. The van der Waals surface area contributed by atoms with Crippen LogP contribution in [0.4, 0.5) is 4.39 Å². The largest absolute Gasteiger partial charge is 0.491 e. The van der Waals surface area contributed by atoms with Crippen LogP contribution >= 0.6 is 0 Å². The number of pyridine rings is 1. The first-order valence-corrected chi connectivity index (χ1v) is 14.2. The minimum absolute atomic E-state index is 0.0156. The Morgan fingerprint density at radius 2 is 1.90 bits per heavy atom. The molecule has 1 aromatic carbocycles. The van der Waals surface area contributed by atoms with Crippen molar-refractivity contribution in [3.8, 4) is 16.9 Å². The van der Waals surface area contributed by atoms with Crippen molar-refractivity contribution in [3.05, 3.63) is 48.3 Å². The van der Waals surface area contributed by atoms with Crippen molar-refractivity contribution in [1.29, 1.82) is 0 Å². The molecule has 1 unspecified atom stereocenters. The highest BCUT2D eigenvalue weighted by atomic mass is 19.1. The van der Waals surface area contributed by atoms with Gasteiger partial charge < -0.3 is 25.4 Å². The highest BCUT2D eigenvalue weighted by molar-refractivity contribution is 5.82. The molecular formula is C30H39FN4O5. The number of hydrogen-bond donors (Lipinski definition) is 3. The van der Waals surface area contributed by atoms with E-state index in [9.17, 15) is 23.9 Å². The molecule has 2 saturated heterocycles. The molecule has 40 heavy (non-hydrogen) atoms. The highest BCUT2D eigenvalue weighted by Crippen LogP contribution is 2.27. The molecule has 0 radical (unpaired) electrons. The predicted octanol–water partition coefficient (Wildman–Crippen LogP) is 3.75. The minimum Gasteiger partial charge on any atom is -0.491 e. The summed E-state index contributed by atoms with van der Waals surface area (Å²) in [7, 11) is 0. The van der Waals surface area contributed by atoms with Crippen molar-refractivity contribution in [3.63, 3.8) is 0 Å². The van der Waals surface area contributed by atoms with E-state index in [-0.39, 0.29) is 30.8 Å². The van der Waals surface area contributed by atoms with Gasteiger partial charge in [0, 0.05) is 37.5 Å². The van der Waals surface area contributed by atoms with Crippen molar-refractivity contribution < 1.29 is 28.6 Å². The summed E-state index contributed by atoms with van der Waals surface area (Å²) in [6.45, 7) is 2.42. The molecule has 0 saturated carbocycles. The predicted molar refractivity (Wildman–Crippen MR) is 148 cm³/mol. The monoisotopic (exact) mass is 554 g/mol. The molecule has 2 fully saturated rings. The number of carboxylic acid groups (broad SMARTS) is 1. The Morgan fingerprint density at radius 1 is 1.12 bits per heavy atom. The number of piperidine rings is 2. The van der Waals surface area contributed by atoms with Crippen molar-refractivity contribution in [2.75, 3.05) is 39.5 Å². The zero-order chi connectivity index (χ0) is 28.3. The van der Waals surface area contributed by atoms with Gasteiger partial charge in [0.25, 0.3) is 0 Å². The molecule has 3 heterocycles. The number of carbonyl (C=O) groups excluding carboxylic acids is 2. The number of nitrogens with one attached hydrogen (secondary N) is 2. The molecule has 2 amide bonds. The molecule has 0 spiro atoms. The van der Waals surface area contributed by atoms with Crippen LogP contribution in [-0.4, -0.2) is 72.2 Å². The Bertz CT molecular complexity index is 1140. The van der Waals surface area contributed by atoms with E-state index >= 15 is 0 Å². The smallest absolute Gasteiger partial charge is 0.305 e. The summed E-state index contributed by atoms with van der Waals surface area (Å²) in [6, 6.07) is 8.15. The zero-order valence-corrected chi connectivity index (χ0v) is 22.8. The second-order valence-electron chi connectivity index (χ2n) is 10.6. The Morgan fingerprint density at radius 3 is 2.62 bits per heavy atom. The summed E-state index contributed by atoms with van der Waals surface area (Å²) >= 11 is 0. The fourth-order valence-electron chi connectivity index (χ4n) is 5.50. The van der Waals surface area contributed by atoms with Gasteiger partial charge in [0.15, 0.2) is 0 Å². The number of alkyl halides is 1. The Balaban J connectivity index is 1.38. The molecule has 9 nitrogen and oxygen atoms in total. The van der Waals surface area contributed by atoms with Gasteiger partial charge in [-0.05, 0) is 80.4 Å². The van der Waals surface area contributed by atoms with Crippen molar-refractivity contribution in [2.45, 2.75) is 51.0 Å². The Hall–Kier alpha value is -3.53. The number of carboxylic acids is 1. The molecule has 2 aliphatic heterocycles. The molecule has 1 aromatic heterocycles. The molecular weight excluding hydrogens is 515 g/mol. The number of amides is 2. The van der Waals surface area contributed by atoms with Crippen LogP contribution < -0.4 is 15.4 Å². The topological polar surface area (TPSA) is 121 Å². The summed E-state index contributed by atoms with van der Waals surface area (Å²) in [5.41, 5.74) is 2.16. The SMILES string of the molecule is O=C(O)CC(NC(=O)[C@@H]1CCCN(C(=O)CCC2CCNCC2)C1)c1cncc(-c2ccc(OCCF)cc2)c1. The van der Waals surface area contributed by atoms with Crippen LogP contribution in [0.2, 0.25) is 0 Å². The van der Waals surface area contributed by atoms with Gasteiger partial charge in [0.1, 0.15) is 19.0 Å². The average Bonchev–Trinajstić information content (AvgIpc) is 2.99. The Labute approximate surface area is 234 Å². The lowest BCUT2D eigenvalue weighted by Crippen LogP contribution is -2.46. The molecule has 2 aromatic rings. The molecule has 0 bridgehead atoms. The maximum Gasteiger partial charge on any atom is 0.305 e. The molecule has 3 N–H and O–H groups in total. The van der Waals surface area contributed by atoms with Gasteiger partial charge in [-0.15, -0.1) is 0 Å². The Kier molecular flexibility index (Phi) is 10.9. The van der Waals surface area contributed by atoms with E-state index in [0.717, 1.165) is 49.9 Å². The first-order valence-electron chi connectivity index (χ1n) is 14.2. The second-order valence-corrected chi connectivity index (χ2v) is 10.6. The van der Waals surface area contributed by atoms with E-state index in [1.54, 1.807) is 29.4 Å². The number of ether oxygens (including phenoxy) is 1. The summed E-state index contributed by atoms with van der Waals surface area (Å²) in [5.74, 6) is -0.460. The van der Waals surface area contributed by atoms with Gasteiger partial charge in [-0.25, -0.2) is 4.39 Å². The third-order valence-electron chi connectivity index (χ3n) is 7.76. The summed E-state index contributed by atoms with van der Waals surface area (Å²) in [4.78, 5) is 44.0. The van der Waals surface area contributed by atoms with Gasteiger partial charge >= 0.3 is 5.97 Å². The standard InChI is InChI=1S/C30H39FN4O5/c31-11-15-40-26-6-4-22(5-7-26)24-16-25(19-33-18-24)27(17-29(37)38)34-30(39)23-2-1-14-35(20-23)28(36)8-3-21-9-12-32-13-10-21/h4-7,16,18-19,21,23,27,32H,1-3,8-15,17,20H2,(H,34,39)(H,37,38)/t23-,27?/m1/s1. The number of carbonyl (C=O) groups is 3. The minimum atomic E-state index is -1.04. The lowest BCUT2D eigenvalue weighted by molar-refractivity contribution is -0.138. The number of rotatable bonds is 12. The fourth-order valence-corrected chi connectivity index (χ4v) is 5.50. The van der Waals surface area contributed by atoms with Gasteiger partial charge in [-0.3, -0.25) is 19.4 Å². The van der Waals surface area contributed by atoms with Gasteiger partial charge in [0.05, 0.1) is 18.4 Å². The summed E-state index contributed by atoms with van der Waals surface area (Å²) < 4.78 is 17.7. The highest BCUT2D eigenvalue weighted by Gasteiger charge is 2.30. The maximum absolute atomic E-state index is 13.3. The van der Waals surface area contributed by atoms with Crippen LogP contribution in [0.15, 0.2) is 42.7 Å². The average molecular weight is 555 g/mol. The number of benzene rings is 1. The van der Waals surface area contributed by atoms with Crippen LogP contribution in [-0.2, 0) is 14.4 Å². The first-order chi connectivity index (χ1) is 19.4. The summed E-state index contributed by atoms with van der Waals surface area (Å²) in [5, 5.41) is 15.8. The fraction of sp³-hybridized carbons (Fsp3) is 0.533. The van der Waals surface area contributed by atoms with Crippen LogP contribution in [0.25, 0.3) is 11.1 Å². The van der Waals surface area contributed by atoms with E-state index in [2.05, 4.69) is 15.6 Å². The third kappa shape index (κ3) is 8.48. The third-order valence-corrected chi connectivity index (χ3v) is 7.76. The zero-order valence-electron chi connectivity index (χ0n) is 22.8. The van der Waals surface area contributed by atoms with Gasteiger partial charge in [-0.2, -0.15) is 0 Å². The van der Waals surface area contributed by atoms with E-state index in [1.165, 1.54) is 0 Å². The number of hydrogen-bond acceptors (Lipinski definition) is 6. The molecule has 10 heteroatoms. The molecule has 2 aliphatic rings. The van der Waals surface area contributed by atoms with Crippen LogP contribution in [0.3, 0.4) is 0 Å². The van der Waals surface area contributed by atoms with Crippen LogP contribution in [0.5, 0.6) is 5.75 Å². The maximum atomic E-state index is 13.3. The molecule has 0 aliphatic carbocycles. The number of likely N-dealkylation sites (tertiary alicyclic amines) is 1. The van der Waals surface area contributed by atoms with Crippen LogP contribution in [0, 0.1) is 11.8 Å². The van der Waals surface area contributed by atoms with Gasteiger partial charge in [-0.1, -0.05) is 12.1 Å². The molecule has 216 valence electrons.